The second-order valence-corrected chi connectivity index (χ2v) is 3.72. The van der Waals surface area contributed by atoms with Gasteiger partial charge in [0, 0.05) is 6.04 Å². The maximum atomic E-state index is 13.2. The van der Waals surface area contributed by atoms with Crippen LogP contribution < -0.4 is 5.73 Å². The summed E-state index contributed by atoms with van der Waals surface area (Å²) in [5.41, 5.74) is 7.13. The molecule has 0 fully saturated rings. The molecular weight excluding hydrogens is 221 g/mol. The monoisotopic (exact) mass is 231 g/mol. The van der Waals surface area contributed by atoms with Gasteiger partial charge in [-0.15, -0.1) is 0 Å². The Hall–Kier alpha value is -0.410. The zero-order valence-corrected chi connectivity index (χ0v) is 8.65. The highest BCUT2D eigenvalue weighted by molar-refractivity contribution is 9.10. The quantitative estimate of drug-likeness (QED) is 0.791. The van der Waals surface area contributed by atoms with Crippen molar-refractivity contribution in [2.75, 3.05) is 0 Å². The summed E-state index contributed by atoms with van der Waals surface area (Å²) in [6.07, 6.45) is 0. The van der Waals surface area contributed by atoms with Crippen molar-refractivity contribution in [3.05, 3.63) is 33.5 Å². The van der Waals surface area contributed by atoms with Gasteiger partial charge in [-0.2, -0.15) is 0 Å². The van der Waals surface area contributed by atoms with E-state index in [0.717, 1.165) is 5.56 Å². The smallest absolute Gasteiger partial charge is 0.140 e. The Labute approximate surface area is 79.9 Å². The molecule has 1 nitrogen and oxygen atoms in total. The largest absolute Gasteiger partial charge is 0.324 e. The van der Waals surface area contributed by atoms with Gasteiger partial charge in [0.15, 0.2) is 0 Å². The molecule has 0 saturated heterocycles. The van der Waals surface area contributed by atoms with Crippen LogP contribution in [0.4, 0.5) is 4.39 Å². The van der Waals surface area contributed by atoms with Crippen LogP contribution in [-0.4, -0.2) is 0 Å². The van der Waals surface area contributed by atoms with E-state index in [4.69, 9.17) is 5.73 Å². The number of rotatable bonds is 1. The average Bonchev–Trinajstić information content (AvgIpc) is 2.00. The standard InChI is InChI=1S/C9H11BrFN/c1-5-7(6(2)12)3-4-8(10)9(5)11/h3-4,6H,12H2,1-2H3/t6-/m0/s1. The molecule has 2 N–H and O–H groups in total. The van der Waals surface area contributed by atoms with Crippen molar-refractivity contribution in [3.63, 3.8) is 0 Å². The molecule has 0 aliphatic carbocycles. The summed E-state index contributed by atoms with van der Waals surface area (Å²) in [6, 6.07) is 3.40. The SMILES string of the molecule is Cc1c([C@H](C)N)ccc(Br)c1F. The highest BCUT2D eigenvalue weighted by atomic mass is 79.9. The van der Waals surface area contributed by atoms with Crippen LogP contribution >= 0.6 is 15.9 Å². The lowest BCUT2D eigenvalue weighted by molar-refractivity contribution is 0.605. The van der Waals surface area contributed by atoms with Crippen LogP contribution in [0.5, 0.6) is 0 Å². The number of hydrogen-bond acceptors (Lipinski definition) is 1. The van der Waals surface area contributed by atoms with Gasteiger partial charge in [0.1, 0.15) is 5.82 Å². The minimum atomic E-state index is -0.218. The highest BCUT2D eigenvalue weighted by Gasteiger charge is 2.09. The summed E-state index contributed by atoms with van der Waals surface area (Å²) in [5, 5.41) is 0. The highest BCUT2D eigenvalue weighted by Crippen LogP contribution is 2.24. The first kappa shape index (κ1) is 9.68. The van der Waals surface area contributed by atoms with E-state index in [1.54, 1.807) is 13.0 Å². The third-order valence-corrected chi connectivity index (χ3v) is 2.48. The molecule has 0 bridgehead atoms. The summed E-state index contributed by atoms with van der Waals surface area (Å²) in [7, 11) is 0. The summed E-state index contributed by atoms with van der Waals surface area (Å²) < 4.78 is 13.7. The van der Waals surface area contributed by atoms with E-state index in [9.17, 15) is 4.39 Å². The fourth-order valence-corrected chi connectivity index (χ4v) is 1.59. The number of nitrogens with two attached hydrogens (primary N) is 1. The molecule has 1 rings (SSSR count). The molecule has 12 heavy (non-hydrogen) atoms. The van der Waals surface area contributed by atoms with Crippen molar-refractivity contribution >= 4 is 15.9 Å². The van der Waals surface area contributed by atoms with Gasteiger partial charge >= 0.3 is 0 Å². The maximum Gasteiger partial charge on any atom is 0.140 e. The second kappa shape index (κ2) is 3.54. The first-order valence-electron chi connectivity index (χ1n) is 3.74. The summed E-state index contributed by atoms with van der Waals surface area (Å²) in [5.74, 6) is -0.218. The average molecular weight is 232 g/mol. The van der Waals surface area contributed by atoms with Crippen LogP contribution in [0, 0.1) is 12.7 Å². The summed E-state index contributed by atoms with van der Waals surface area (Å²) in [4.78, 5) is 0. The lowest BCUT2D eigenvalue weighted by Crippen LogP contribution is -2.08. The molecule has 0 aliphatic rings. The molecule has 0 aliphatic heterocycles. The maximum absolute atomic E-state index is 13.2. The summed E-state index contributed by atoms with van der Waals surface area (Å²) in [6.45, 7) is 3.58. The molecule has 0 saturated carbocycles. The number of hydrogen-bond donors (Lipinski definition) is 1. The second-order valence-electron chi connectivity index (χ2n) is 2.86. The van der Waals surface area contributed by atoms with E-state index < -0.39 is 0 Å². The minimum Gasteiger partial charge on any atom is -0.324 e. The first-order chi connectivity index (χ1) is 5.54. The zero-order chi connectivity index (χ0) is 9.30. The fraction of sp³-hybridized carbons (Fsp3) is 0.333. The Balaban J connectivity index is 3.27. The van der Waals surface area contributed by atoms with Crippen molar-refractivity contribution in [2.24, 2.45) is 5.73 Å². The van der Waals surface area contributed by atoms with E-state index in [2.05, 4.69) is 15.9 Å². The topological polar surface area (TPSA) is 26.0 Å². The van der Waals surface area contributed by atoms with Gasteiger partial charge in [-0.1, -0.05) is 6.07 Å². The molecule has 3 heteroatoms. The van der Waals surface area contributed by atoms with Crippen LogP contribution in [0.3, 0.4) is 0 Å². The Kier molecular flexibility index (Phi) is 2.85. The third kappa shape index (κ3) is 1.67. The van der Waals surface area contributed by atoms with Gasteiger partial charge in [0.05, 0.1) is 4.47 Å². The van der Waals surface area contributed by atoms with E-state index in [1.165, 1.54) is 0 Å². The van der Waals surface area contributed by atoms with Crippen molar-refractivity contribution in [1.29, 1.82) is 0 Å². The minimum absolute atomic E-state index is 0.118. The van der Waals surface area contributed by atoms with Gasteiger partial charge in [-0.3, -0.25) is 0 Å². The van der Waals surface area contributed by atoms with E-state index in [1.807, 2.05) is 13.0 Å². The van der Waals surface area contributed by atoms with E-state index >= 15 is 0 Å². The zero-order valence-electron chi connectivity index (χ0n) is 7.07. The predicted molar refractivity (Wildman–Crippen MR) is 51.4 cm³/mol. The molecule has 1 atom stereocenters. The van der Waals surface area contributed by atoms with Crippen LogP contribution in [0.2, 0.25) is 0 Å². The summed E-state index contributed by atoms with van der Waals surface area (Å²) >= 11 is 3.11. The molecule has 0 spiro atoms. The van der Waals surface area contributed by atoms with Crippen molar-refractivity contribution in [3.8, 4) is 0 Å². The van der Waals surface area contributed by atoms with Crippen LogP contribution in [0.25, 0.3) is 0 Å². The molecule has 66 valence electrons. The molecule has 0 aromatic heterocycles. The van der Waals surface area contributed by atoms with Crippen molar-refractivity contribution < 1.29 is 4.39 Å². The Morgan fingerprint density at radius 3 is 2.58 bits per heavy atom. The van der Waals surface area contributed by atoms with Gasteiger partial charge < -0.3 is 5.73 Å². The van der Waals surface area contributed by atoms with Gasteiger partial charge in [-0.05, 0) is 47.0 Å². The van der Waals surface area contributed by atoms with E-state index in [-0.39, 0.29) is 11.9 Å². The van der Waals surface area contributed by atoms with Gasteiger partial charge in [0.2, 0.25) is 0 Å². The molecule has 0 amide bonds. The number of halogens is 2. The normalized spacial score (nSPS) is 13.1. The van der Waals surface area contributed by atoms with Gasteiger partial charge in [-0.25, -0.2) is 4.39 Å². The van der Waals surface area contributed by atoms with Crippen molar-refractivity contribution in [2.45, 2.75) is 19.9 Å². The van der Waals surface area contributed by atoms with Crippen molar-refractivity contribution in [1.82, 2.24) is 0 Å². The van der Waals surface area contributed by atoms with Crippen LogP contribution in [0.1, 0.15) is 24.1 Å². The Morgan fingerprint density at radius 2 is 2.08 bits per heavy atom. The molecule has 1 aromatic rings. The Bertz CT molecular complexity index is 297. The first-order valence-corrected chi connectivity index (χ1v) is 4.53. The molecular formula is C9H11BrFN. The Morgan fingerprint density at radius 1 is 1.50 bits per heavy atom. The fourth-order valence-electron chi connectivity index (χ4n) is 1.16. The predicted octanol–water partition coefficient (Wildman–Crippen LogP) is 2.92. The number of benzene rings is 1. The van der Waals surface area contributed by atoms with E-state index in [0.29, 0.717) is 10.0 Å². The third-order valence-electron chi connectivity index (χ3n) is 1.87. The van der Waals surface area contributed by atoms with Gasteiger partial charge in [0.25, 0.3) is 0 Å². The van der Waals surface area contributed by atoms with Crippen LogP contribution in [-0.2, 0) is 0 Å². The lowest BCUT2D eigenvalue weighted by Gasteiger charge is -2.10. The molecule has 1 aromatic carbocycles. The molecule has 0 heterocycles. The molecule has 0 radical (unpaired) electrons. The van der Waals surface area contributed by atoms with Crippen LogP contribution in [0.15, 0.2) is 16.6 Å². The lowest BCUT2D eigenvalue weighted by atomic mass is 10.0. The molecule has 0 unspecified atom stereocenters.